The highest BCUT2D eigenvalue weighted by Crippen LogP contribution is 2.36. The number of Topliss-reactive ketones (excluding diaryl/α,β-unsaturated/α-hetero) is 1. The summed E-state index contributed by atoms with van der Waals surface area (Å²) in [6.45, 7) is 0. The van der Waals surface area contributed by atoms with Gasteiger partial charge in [0.25, 0.3) is 5.78 Å². The van der Waals surface area contributed by atoms with Crippen molar-refractivity contribution < 1.29 is 24.2 Å². The van der Waals surface area contributed by atoms with Crippen LogP contribution in [0.1, 0.15) is 10.4 Å². The Kier molecular flexibility index (Phi) is 3.16. The number of rotatable bonds is 4. The Morgan fingerprint density at radius 1 is 1.16 bits per heavy atom. The van der Waals surface area contributed by atoms with E-state index in [1.807, 2.05) is 0 Å². The first-order valence-corrected chi connectivity index (χ1v) is 5.48. The molecule has 0 spiro atoms. The zero-order valence-electron chi connectivity index (χ0n) is 10.8. The summed E-state index contributed by atoms with van der Waals surface area (Å²) >= 11 is 0. The fourth-order valence-corrected chi connectivity index (χ4v) is 2.11. The van der Waals surface area contributed by atoms with Crippen molar-refractivity contribution in [2.45, 2.75) is 0 Å². The lowest BCUT2D eigenvalue weighted by Gasteiger charge is -2.08. The average Bonchev–Trinajstić information content (AvgIpc) is 2.75. The van der Waals surface area contributed by atoms with Crippen LogP contribution in [0.4, 0.5) is 0 Å². The van der Waals surface area contributed by atoms with Crippen molar-refractivity contribution >= 4 is 22.7 Å². The van der Waals surface area contributed by atoms with E-state index >= 15 is 0 Å². The Bertz CT molecular complexity index is 671. The molecule has 6 nitrogen and oxygen atoms in total. The number of fused-ring (bicyclic) bond motifs is 1. The van der Waals surface area contributed by atoms with Crippen molar-refractivity contribution in [3.05, 3.63) is 23.9 Å². The number of carbonyl (C=O) groups is 2. The molecule has 6 heteroatoms. The lowest BCUT2D eigenvalue weighted by molar-refractivity contribution is -0.131. The molecule has 1 aromatic heterocycles. The van der Waals surface area contributed by atoms with Gasteiger partial charge in [0.15, 0.2) is 0 Å². The molecular weight excluding hydrogens is 250 g/mol. The number of hydrogen-bond donors (Lipinski definition) is 1. The molecule has 0 fully saturated rings. The molecule has 0 atom stereocenters. The standard InChI is InChI=1S/C13H13NO5/c1-14-6-7(12(15)13(16)17)10-8(18-2)4-5-9(19-3)11(10)14/h4-6H,1-3H3,(H,16,17). The topological polar surface area (TPSA) is 77.8 Å². The highest BCUT2D eigenvalue weighted by Gasteiger charge is 2.24. The Balaban J connectivity index is 2.87. The number of carboxylic acids is 1. The SMILES string of the molecule is COc1ccc(OC)c2c1c(C(=O)C(=O)O)cn2C. The van der Waals surface area contributed by atoms with Gasteiger partial charge in [0.05, 0.1) is 30.7 Å². The lowest BCUT2D eigenvalue weighted by Crippen LogP contribution is -2.12. The van der Waals surface area contributed by atoms with Gasteiger partial charge in [0.1, 0.15) is 11.5 Å². The quantitative estimate of drug-likeness (QED) is 0.667. The summed E-state index contributed by atoms with van der Waals surface area (Å²) in [6, 6.07) is 3.34. The molecule has 100 valence electrons. The van der Waals surface area contributed by atoms with E-state index < -0.39 is 11.8 Å². The summed E-state index contributed by atoms with van der Waals surface area (Å²) < 4.78 is 12.1. The second-order valence-corrected chi connectivity index (χ2v) is 3.98. The summed E-state index contributed by atoms with van der Waals surface area (Å²) in [5.74, 6) is -1.50. The smallest absolute Gasteiger partial charge is 0.377 e. The molecule has 0 aliphatic heterocycles. The molecule has 0 saturated heterocycles. The highest BCUT2D eigenvalue weighted by atomic mass is 16.5. The summed E-state index contributed by atoms with van der Waals surface area (Å²) in [7, 11) is 4.68. The van der Waals surface area contributed by atoms with Crippen LogP contribution in [0.25, 0.3) is 10.9 Å². The Morgan fingerprint density at radius 3 is 2.26 bits per heavy atom. The van der Waals surface area contributed by atoms with E-state index in [2.05, 4.69) is 0 Å². The molecule has 1 aromatic carbocycles. The van der Waals surface area contributed by atoms with Crippen molar-refractivity contribution in [3.63, 3.8) is 0 Å². The van der Waals surface area contributed by atoms with E-state index in [1.54, 1.807) is 23.7 Å². The molecule has 0 radical (unpaired) electrons. The molecule has 1 heterocycles. The number of benzene rings is 1. The first-order chi connectivity index (χ1) is 9.01. The molecule has 0 aliphatic carbocycles. The number of aliphatic carboxylic acids is 1. The largest absolute Gasteiger partial charge is 0.496 e. The number of methoxy groups -OCH3 is 2. The van der Waals surface area contributed by atoms with Crippen molar-refractivity contribution in [1.29, 1.82) is 0 Å². The summed E-state index contributed by atoms with van der Waals surface area (Å²) in [5, 5.41) is 9.30. The number of carboxylic acid groups (broad SMARTS) is 1. The number of aromatic nitrogens is 1. The minimum absolute atomic E-state index is 0.0840. The van der Waals surface area contributed by atoms with Crippen LogP contribution in [0, 0.1) is 0 Å². The van der Waals surface area contributed by atoms with Gasteiger partial charge in [-0.1, -0.05) is 0 Å². The van der Waals surface area contributed by atoms with E-state index in [9.17, 15) is 9.59 Å². The van der Waals surface area contributed by atoms with Gasteiger partial charge in [-0.2, -0.15) is 0 Å². The maximum atomic E-state index is 11.7. The maximum absolute atomic E-state index is 11.7. The van der Waals surface area contributed by atoms with Crippen LogP contribution in [-0.4, -0.2) is 35.6 Å². The van der Waals surface area contributed by atoms with Gasteiger partial charge in [0, 0.05) is 13.2 Å². The number of ether oxygens (including phenoxy) is 2. The van der Waals surface area contributed by atoms with E-state index in [1.165, 1.54) is 20.4 Å². The molecule has 0 bridgehead atoms. The second-order valence-electron chi connectivity index (χ2n) is 3.98. The Labute approximate surface area is 109 Å². The van der Waals surface area contributed by atoms with Gasteiger partial charge in [-0.05, 0) is 12.1 Å². The van der Waals surface area contributed by atoms with Crippen molar-refractivity contribution in [2.24, 2.45) is 7.05 Å². The molecule has 0 amide bonds. The lowest BCUT2D eigenvalue weighted by atomic mass is 10.1. The molecule has 0 saturated carbocycles. The monoisotopic (exact) mass is 263 g/mol. The average molecular weight is 263 g/mol. The normalized spacial score (nSPS) is 10.5. The molecule has 0 unspecified atom stereocenters. The molecule has 2 aromatic rings. The Morgan fingerprint density at radius 2 is 1.74 bits per heavy atom. The minimum atomic E-state index is -1.50. The van der Waals surface area contributed by atoms with Gasteiger partial charge in [0.2, 0.25) is 0 Å². The van der Waals surface area contributed by atoms with Crippen LogP contribution in [0.2, 0.25) is 0 Å². The van der Waals surface area contributed by atoms with E-state index in [0.29, 0.717) is 22.4 Å². The molecule has 1 N–H and O–H groups in total. The second kappa shape index (κ2) is 4.64. The van der Waals surface area contributed by atoms with Gasteiger partial charge in [-0.25, -0.2) is 4.79 Å². The third-order valence-corrected chi connectivity index (χ3v) is 2.93. The van der Waals surface area contributed by atoms with Crippen molar-refractivity contribution in [3.8, 4) is 11.5 Å². The molecule has 2 rings (SSSR count). The van der Waals surface area contributed by atoms with Gasteiger partial charge >= 0.3 is 5.97 Å². The fraction of sp³-hybridized carbons (Fsp3) is 0.231. The predicted molar refractivity (Wildman–Crippen MR) is 68.0 cm³/mol. The van der Waals surface area contributed by atoms with Gasteiger partial charge < -0.3 is 19.1 Å². The minimum Gasteiger partial charge on any atom is -0.496 e. The first-order valence-electron chi connectivity index (χ1n) is 5.48. The maximum Gasteiger partial charge on any atom is 0.377 e. The highest BCUT2D eigenvalue weighted by molar-refractivity contribution is 6.42. The van der Waals surface area contributed by atoms with Crippen molar-refractivity contribution in [2.75, 3.05) is 14.2 Å². The molecule has 19 heavy (non-hydrogen) atoms. The third-order valence-electron chi connectivity index (χ3n) is 2.93. The van der Waals surface area contributed by atoms with Crippen LogP contribution in [0.15, 0.2) is 18.3 Å². The summed E-state index contributed by atoms with van der Waals surface area (Å²) in [5.41, 5.74) is 0.701. The summed E-state index contributed by atoms with van der Waals surface area (Å²) in [4.78, 5) is 22.6. The van der Waals surface area contributed by atoms with Crippen LogP contribution < -0.4 is 9.47 Å². The summed E-state index contributed by atoms with van der Waals surface area (Å²) in [6.07, 6.45) is 1.46. The molecule has 0 aliphatic rings. The van der Waals surface area contributed by atoms with E-state index in [-0.39, 0.29) is 5.56 Å². The fourth-order valence-electron chi connectivity index (χ4n) is 2.11. The number of nitrogens with zero attached hydrogens (tertiary/aromatic N) is 1. The van der Waals surface area contributed by atoms with Crippen molar-refractivity contribution in [1.82, 2.24) is 4.57 Å². The first kappa shape index (κ1) is 12.9. The van der Waals surface area contributed by atoms with Crippen LogP contribution in [0.5, 0.6) is 11.5 Å². The van der Waals surface area contributed by atoms with Crippen LogP contribution in [-0.2, 0) is 11.8 Å². The zero-order valence-corrected chi connectivity index (χ0v) is 10.8. The van der Waals surface area contributed by atoms with Crippen LogP contribution in [0.3, 0.4) is 0 Å². The Hall–Kier alpha value is -2.50. The number of ketones is 1. The number of aryl methyl sites for hydroxylation is 1. The van der Waals surface area contributed by atoms with E-state index in [0.717, 1.165) is 0 Å². The molecular formula is C13H13NO5. The van der Waals surface area contributed by atoms with Crippen LogP contribution >= 0.6 is 0 Å². The zero-order chi connectivity index (χ0) is 14.2. The predicted octanol–water partition coefficient (Wildman–Crippen LogP) is 1.46. The van der Waals surface area contributed by atoms with E-state index in [4.69, 9.17) is 14.6 Å². The van der Waals surface area contributed by atoms with Gasteiger partial charge in [-0.15, -0.1) is 0 Å². The number of carbonyl (C=O) groups excluding carboxylic acids is 1. The van der Waals surface area contributed by atoms with Gasteiger partial charge in [-0.3, -0.25) is 4.79 Å². The number of hydrogen-bond acceptors (Lipinski definition) is 4. The third kappa shape index (κ3) is 1.91.